The molecule has 184 valence electrons. The minimum atomic E-state index is -0.418. The molecule has 0 saturated heterocycles. The number of hydrogen-bond donors (Lipinski definition) is 0. The van der Waals surface area contributed by atoms with Crippen LogP contribution in [-0.2, 0) is 19.5 Å². The van der Waals surface area contributed by atoms with Crippen molar-refractivity contribution in [3.05, 3.63) is 148 Å². The van der Waals surface area contributed by atoms with Crippen molar-refractivity contribution in [2.75, 3.05) is 6.54 Å². The second kappa shape index (κ2) is 11.0. The average Bonchev–Trinajstić information content (AvgIpc) is 2.94. The van der Waals surface area contributed by atoms with Gasteiger partial charge in [0.2, 0.25) is 0 Å². The number of halogens is 1. The monoisotopic (exact) mass is 491 g/mol. The molecule has 0 bridgehead atoms. The highest BCUT2D eigenvalue weighted by Crippen LogP contribution is 2.16. The maximum atomic E-state index is 13.9. The molecule has 0 N–H and O–H groups in total. The number of nitrogens with zero attached hydrogens (tertiary/aromatic N) is 3. The van der Waals surface area contributed by atoms with Crippen LogP contribution in [0.5, 0.6) is 0 Å². The van der Waals surface area contributed by atoms with Crippen LogP contribution in [0.3, 0.4) is 0 Å². The molecule has 0 spiro atoms. The van der Waals surface area contributed by atoms with Crippen LogP contribution in [-0.4, -0.2) is 26.9 Å². The predicted octanol–water partition coefficient (Wildman–Crippen LogP) is 5.47. The van der Waals surface area contributed by atoms with Gasteiger partial charge in [-0.15, -0.1) is 0 Å². The lowest BCUT2D eigenvalue weighted by Gasteiger charge is -2.23. The Morgan fingerprint density at radius 3 is 2.19 bits per heavy atom. The summed E-state index contributed by atoms with van der Waals surface area (Å²) in [7, 11) is 0. The standard InChI is InChI=1S/C31H26FN3O2/c32-27-15-13-25(14-16-27)22-35-29-26(12-7-18-33-29)20-28(31(35)37)30(36)34(21-24-10-5-2-6-11-24)19-17-23-8-3-1-4-9-23/h1-16,18,20H,17,19,21-22H2. The molecule has 0 aliphatic rings. The fourth-order valence-electron chi connectivity index (χ4n) is 4.41. The molecule has 0 fully saturated rings. The maximum absolute atomic E-state index is 13.9. The number of carbonyl (C=O) groups is 1. The summed E-state index contributed by atoms with van der Waals surface area (Å²) in [6.45, 7) is 1.02. The summed E-state index contributed by atoms with van der Waals surface area (Å²) >= 11 is 0. The molecule has 0 radical (unpaired) electrons. The summed E-state index contributed by atoms with van der Waals surface area (Å²) < 4.78 is 15.0. The summed E-state index contributed by atoms with van der Waals surface area (Å²) in [4.78, 5) is 33.8. The summed E-state index contributed by atoms with van der Waals surface area (Å²) in [5.41, 5.74) is 2.99. The first-order valence-corrected chi connectivity index (χ1v) is 12.2. The average molecular weight is 492 g/mol. The number of aromatic nitrogens is 2. The van der Waals surface area contributed by atoms with Gasteiger partial charge in [0.15, 0.2) is 0 Å². The molecular weight excluding hydrogens is 465 g/mol. The maximum Gasteiger partial charge on any atom is 0.265 e. The van der Waals surface area contributed by atoms with E-state index in [9.17, 15) is 14.0 Å². The molecule has 0 aliphatic carbocycles. The minimum absolute atomic E-state index is 0.0894. The van der Waals surface area contributed by atoms with Gasteiger partial charge >= 0.3 is 0 Å². The lowest BCUT2D eigenvalue weighted by molar-refractivity contribution is 0.0743. The first-order valence-electron chi connectivity index (χ1n) is 12.2. The van der Waals surface area contributed by atoms with Crippen molar-refractivity contribution in [3.63, 3.8) is 0 Å². The Morgan fingerprint density at radius 2 is 1.49 bits per heavy atom. The molecular formula is C31H26FN3O2. The van der Waals surface area contributed by atoms with Crippen LogP contribution in [0.2, 0.25) is 0 Å². The van der Waals surface area contributed by atoms with E-state index in [2.05, 4.69) is 4.98 Å². The lowest BCUT2D eigenvalue weighted by Crippen LogP contribution is -2.38. The largest absolute Gasteiger partial charge is 0.334 e. The zero-order valence-corrected chi connectivity index (χ0v) is 20.3. The third-order valence-electron chi connectivity index (χ3n) is 6.35. The highest BCUT2D eigenvalue weighted by molar-refractivity contribution is 5.97. The van der Waals surface area contributed by atoms with E-state index in [0.717, 1.165) is 16.7 Å². The molecule has 5 rings (SSSR count). The van der Waals surface area contributed by atoms with Crippen molar-refractivity contribution in [3.8, 4) is 0 Å². The summed E-state index contributed by atoms with van der Waals surface area (Å²) in [5.74, 6) is -0.679. The van der Waals surface area contributed by atoms with Gasteiger partial charge in [0.05, 0.1) is 6.54 Å². The van der Waals surface area contributed by atoms with Gasteiger partial charge in [0, 0.05) is 24.7 Å². The number of benzene rings is 3. The van der Waals surface area contributed by atoms with Gasteiger partial charge in [0.1, 0.15) is 17.0 Å². The van der Waals surface area contributed by atoms with E-state index in [1.165, 1.54) is 16.7 Å². The Hall–Kier alpha value is -4.58. The van der Waals surface area contributed by atoms with Crippen molar-refractivity contribution in [1.29, 1.82) is 0 Å². The summed E-state index contributed by atoms with van der Waals surface area (Å²) in [6.07, 6.45) is 2.28. The second-order valence-corrected chi connectivity index (χ2v) is 8.94. The Balaban J connectivity index is 1.53. The zero-order chi connectivity index (χ0) is 25.6. The Morgan fingerprint density at radius 1 is 0.811 bits per heavy atom. The van der Waals surface area contributed by atoms with Crippen LogP contribution in [0.25, 0.3) is 11.0 Å². The normalized spacial score (nSPS) is 10.9. The number of hydrogen-bond acceptors (Lipinski definition) is 3. The van der Waals surface area contributed by atoms with Crippen molar-refractivity contribution < 1.29 is 9.18 Å². The zero-order valence-electron chi connectivity index (χ0n) is 20.3. The molecule has 5 nitrogen and oxygen atoms in total. The number of rotatable bonds is 8. The van der Waals surface area contributed by atoms with Crippen LogP contribution >= 0.6 is 0 Å². The SMILES string of the molecule is O=C(c1cc2cccnc2n(Cc2ccc(F)cc2)c1=O)N(CCc1ccccc1)Cc1ccccc1. The Kier molecular flexibility index (Phi) is 7.17. The van der Waals surface area contributed by atoms with Gasteiger partial charge in [-0.1, -0.05) is 72.8 Å². The van der Waals surface area contributed by atoms with Crippen molar-refractivity contribution in [2.24, 2.45) is 0 Å². The summed E-state index contributed by atoms with van der Waals surface area (Å²) in [6, 6.07) is 31.0. The summed E-state index contributed by atoms with van der Waals surface area (Å²) in [5, 5.41) is 0.690. The highest BCUT2D eigenvalue weighted by Gasteiger charge is 2.22. The molecule has 37 heavy (non-hydrogen) atoms. The van der Waals surface area contributed by atoms with Gasteiger partial charge in [-0.05, 0) is 53.4 Å². The fourth-order valence-corrected chi connectivity index (χ4v) is 4.41. The third kappa shape index (κ3) is 5.64. The third-order valence-corrected chi connectivity index (χ3v) is 6.35. The lowest BCUT2D eigenvalue weighted by atomic mass is 10.1. The van der Waals surface area contributed by atoms with Crippen molar-refractivity contribution in [1.82, 2.24) is 14.5 Å². The quantitative estimate of drug-likeness (QED) is 0.289. The first kappa shape index (κ1) is 24.1. The van der Waals surface area contributed by atoms with E-state index >= 15 is 0 Å². The molecule has 3 aromatic carbocycles. The van der Waals surface area contributed by atoms with E-state index in [0.29, 0.717) is 30.5 Å². The molecule has 0 aliphatic heterocycles. The molecule has 6 heteroatoms. The number of carbonyl (C=O) groups excluding carboxylic acids is 1. The molecule has 1 amide bonds. The van der Waals surface area contributed by atoms with Crippen molar-refractivity contribution in [2.45, 2.75) is 19.5 Å². The molecule has 2 heterocycles. The van der Waals surface area contributed by atoms with E-state index in [1.807, 2.05) is 66.7 Å². The minimum Gasteiger partial charge on any atom is -0.334 e. The number of amides is 1. The smallest absolute Gasteiger partial charge is 0.265 e. The molecule has 5 aromatic rings. The van der Waals surface area contributed by atoms with Gasteiger partial charge in [0.25, 0.3) is 11.5 Å². The van der Waals surface area contributed by atoms with Crippen LogP contribution in [0, 0.1) is 5.82 Å². The number of pyridine rings is 2. The van der Waals surface area contributed by atoms with Gasteiger partial charge in [-0.25, -0.2) is 9.37 Å². The van der Waals surface area contributed by atoms with Crippen LogP contribution in [0.4, 0.5) is 4.39 Å². The predicted molar refractivity (Wildman–Crippen MR) is 143 cm³/mol. The van der Waals surface area contributed by atoms with Gasteiger partial charge in [-0.3, -0.25) is 14.2 Å². The van der Waals surface area contributed by atoms with Crippen LogP contribution in [0.1, 0.15) is 27.0 Å². The van der Waals surface area contributed by atoms with E-state index in [4.69, 9.17) is 0 Å². The van der Waals surface area contributed by atoms with E-state index in [-0.39, 0.29) is 23.8 Å². The number of fused-ring (bicyclic) bond motifs is 1. The first-order chi connectivity index (χ1) is 18.1. The topological polar surface area (TPSA) is 55.2 Å². The molecule has 0 unspecified atom stereocenters. The highest BCUT2D eigenvalue weighted by atomic mass is 19.1. The molecule has 2 aromatic heterocycles. The van der Waals surface area contributed by atoms with Crippen LogP contribution in [0.15, 0.2) is 114 Å². The molecule has 0 saturated carbocycles. The Labute approximate surface area is 214 Å². The molecule has 0 atom stereocenters. The van der Waals surface area contributed by atoms with Gasteiger partial charge in [-0.2, -0.15) is 0 Å². The second-order valence-electron chi connectivity index (χ2n) is 8.94. The van der Waals surface area contributed by atoms with E-state index < -0.39 is 5.56 Å². The van der Waals surface area contributed by atoms with E-state index in [1.54, 1.807) is 35.4 Å². The fraction of sp³-hybridized carbons (Fsp3) is 0.129. The van der Waals surface area contributed by atoms with Crippen molar-refractivity contribution >= 4 is 16.9 Å². The van der Waals surface area contributed by atoms with Gasteiger partial charge < -0.3 is 4.90 Å². The Bertz CT molecular complexity index is 1570. The van der Waals surface area contributed by atoms with Crippen LogP contribution < -0.4 is 5.56 Å².